The summed E-state index contributed by atoms with van der Waals surface area (Å²) in [5, 5.41) is 2.75. The molecule has 1 N–H and O–H groups in total. The zero-order chi connectivity index (χ0) is 27.2. The molecule has 0 bridgehead atoms. The van der Waals surface area contributed by atoms with E-state index in [4.69, 9.17) is 0 Å². The van der Waals surface area contributed by atoms with Crippen LogP contribution in [0.4, 0.5) is 14.5 Å². The second-order valence-electron chi connectivity index (χ2n) is 8.79. The van der Waals surface area contributed by atoms with Crippen molar-refractivity contribution in [1.29, 1.82) is 0 Å². The summed E-state index contributed by atoms with van der Waals surface area (Å²) >= 11 is 0. The molecule has 0 unspecified atom stereocenters. The molecule has 0 heterocycles. The topological polar surface area (TPSA) is 86.8 Å². The second kappa shape index (κ2) is 12.0. The Morgan fingerprint density at radius 2 is 1.38 bits per heavy atom. The van der Waals surface area contributed by atoms with Crippen molar-refractivity contribution in [2.45, 2.75) is 44.3 Å². The van der Waals surface area contributed by atoms with Crippen molar-refractivity contribution in [2.24, 2.45) is 0 Å². The fraction of sp³-hybridized carbons (Fsp3) is 0.259. The Morgan fingerprint density at radius 1 is 0.838 bits per heavy atom. The molecule has 2 amide bonds. The van der Waals surface area contributed by atoms with E-state index in [-0.39, 0.29) is 23.2 Å². The van der Waals surface area contributed by atoms with Gasteiger partial charge < -0.3 is 10.2 Å². The van der Waals surface area contributed by atoms with Gasteiger partial charge in [0.05, 0.1) is 10.6 Å². The molecule has 10 heteroatoms. The molecule has 3 aromatic carbocycles. The van der Waals surface area contributed by atoms with Gasteiger partial charge >= 0.3 is 0 Å². The quantitative estimate of drug-likeness (QED) is 0.429. The lowest BCUT2D eigenvalue weighted by Gasteiger charge is -2.32. The number of amides is 2. The zero-order valence-corrected chi connectivity index (χ0v) is 21.6. The molecule has 0 aliphatic carbocycles. The number of nitrogens with one attached hydrogen (secondary N) is 1. The third-order valence-electron chi connectivity index (χ3n) is 5.59. The molecular formula is C27H29F2N3O4S. The van der Waals surface area contributed by atoms with Crippen LogP contribution in [0.3, 0.4) is 0 Å². The van der Waals surface area contributed by atoms with Crippen LogP contribution in [0.2, 0.25) is 0 Å². The van der Waals surface area contributed by atoms with Gasteiger partial charge in [0.2, 0.25) is 11.8 Å². The zero-order valence-electron chi connectivity index (χ0n) is 20.8. The molecule has 196 valence electrons. The molecule has 0 spiro atoms. The normalized spacial score (nSPS) is 12.2. The van der Waals surface area contributed by atoms with E-state index in [1.54, 1.807) is 32.0 Å². The van der Waals surface area contributed by atoms with E-state index in [0.717, 1.165) is 16.4 Å². The molecule has 7 nitrogen and oxygen atoms in total. The molecule has 37 heavy (non-hydrogen) atoms. The SMILES string of the molecule is CC(C)NC(=O)[C@H](C)N(Cc1ccc(F)cc1)C(=O)CN(c1ccc(F)cc1)S(=O)(=O)c1ccccc1. The maximum Gasteiger partial charge on any atom is 0.264 e. The highest BCUT2D eigenvalue weighted by atomic mass is 32.2. The lowest BCUT2D eigenvalue weighted by molar-refractivity contribution is -0.139. The van der Waals surface area contributed by atoms with Crippen LogP contribution in [0.25, 0.3) is 0 Å². The fourth-order valence-electron chi connectivity index (χ4n) is 3.63. The van der Waals surface area contributed by atoms with Crippen LogP contribution < -0.4 is 9.62 Å². The Kier molecular flexibility index (Phi) is 8.99. The third-order valence-corrected chi connectivity index (χ3v) is 7.38. The fourth-order valence-corrected chi connectivity index (χ4v) is 5.07. The molecular weight excluding hydrogens is 500 g/mol. The minimum atomic E-state index is -4.23. The number of hydrogen-bond acceptors (Lipinski definition) is 4. The second-order valence-corrected chi connectivity index (χ2v) is 10.7. The molecule has 0 saturated heterocycles. The molecule has 1 atom stereocenters. The van der Waals surface area contributed by atoms with E-state index in [2.05, 4.69) is 5.32 Å². The summed E-state index contributed by atoms with van der Waals surface area (Å²) < 4.78 is 55.1. The van der Waals surface area contributed by atoms with E-state index >= 15 is 0 Å². The largest absolute Gasteiger partial charge is 0.352 e. The van der Waals surface area contributed by atoms with Gasteiger partial charge in [-0.05, 0) is 74.9 Å². The summed E-state index contributed by atoms with van der Waals surface area (Å²) in [6, 6.07) is 16.6. The van der Waals surface area contributed by atoms with Gasteiger partial charge in [0.1, 0.15) is 24.2 Å². The summed E-state index contributed by atoms with van der Waals surface area (Å²) in [5.41, 5.74) is 0.637. The van der Waals surface area contributed by atoms with Crippen molar-refractivity contribution in [2.75, 3.05) is 10.8 Å². The van der Waals surface area contributed by atoms with Crippen LogP contribution in [0.1, 0.15) is 26.3 Å². The monoisotopic (exact) mass is 529 g/mol. The van der Waals surface area contributed by atoms with Crippen LogP contribution in [0.15, 0.2) is 83.8 Å². The summed E-state index contributed by atoms with van der Waals surface area (Å²) in [7, 11) is -4.23. The Bertz CT molecular complexity index is 1320. The molecule has 3 rings (SSSR count). The van der Waals surface area contributed by atoms with Crippen LogP contribution in [-0.2, 0) is 26.2 Å². The van der Waals surface area contributed by atoms with Crippen LogP contribution >= 0.6 is 0 Å². The predicted molar refractivity (Wildman–Crippen MR) is 137 cm³/mol. The highest BCUT2D eigenvalue weighted by Crippen LogP contribution is 2.25. The third kappa shape index (κ3) is 7.13. The average Bonchev–Trinajstić information content (AvgIpc) is 2.87. The lowest BCUT2D eigenvalue weighted by atomic mass is 10.1. The number of rotatable bonds is 10. The molecule has 3 aromatic rings. The molecule has 0 aliphatic rings. The maximum absolute atomic E-state index is 13.7. The van der Waals surface area contributed by atoms with Crippen LogP contribution in [-0.4, -0.2) is 43.8 Å². The van der Waals surface area contributed by atoms with Gasteiger partial charge in [-0.15, -0.1) is 0 Å². The molecule has 0 radical (unpaired) electrons. The van der Waals surface area contributed by atoms with Crippen molar-refractivity contribution in [3.8, 4) is 0 Å². The molecule has 0 saturated carbocycles. The number of anilines is 1. The van der Waals surface area contributed by atoms with Gasteiger partial charge in [-0.2, -0.15) is 0 Å². The van der Waals surface area contributed by atoms with Crippen molar-refractivity contribution in [1.82, 2.24) is 10.2 Å². The van der Waals surface area contributed by atoms with Gasteiger partial charge in [-0.25, -0.2) is 17.2 Å². The average molecular weight is 530 g/mol. The summed E-state index contributed by atoms with van der Waals surface area (Å²) in [4.78, 5) is 27.7. The van der Waals surface area contributed by atoms with E-state index < -0.39 is 46.1 Å². The summed E-state index contributed by atoms with van der Waals surface area (Å²) in [5.74, 6) is -2.11. The van der Waals surface area contributed by atoms with Crippen molar-refractivity contribution in [3.63, 3.8) is 0 Å². The van der Waals surface area contributed by atoms with E-state index in [0.29, 0.717) is 5.56 Å². The maximum atomic E-state index is 13.7. The minimum Gasteiger partial charge on any atom is -0.352 e. The van der Waals surface area contributed by atoms with Crippen molar-refractivity contribution < 1.29 is 26.8 Å². The van der Waals surface area contributed by atoms with E-state index in [1.807, 2.05) is 0 Å². The lowest BCUT2D eigenvalue weighted by Crippen LogP contribution is -2.52. The highest BCUT2D eigenvalue weighted by molar-refractivity contribution is 7.92. The minimum absolute atomic E-state index is 0.0530. The van der Waals surface area contributed by atoms with Crippen molar-refractivity contribution >= 4 is 27.5 Å². The Morgan fingerprint density at radius 3 is 1.92 bits per heavy atom. The van der Waals surface area contributed by atoms with Gasteiger partial charge in [0, 0.05) is 12.6 Å². The highest BCUT2D eigenvalue weighted by Gasteiger charge is 2.32. The molecule has 0 aromatic heterocycles. The number of carbonyl (C=O) groups excluding carboxylic acids is 2. The Labute approximate surface area is 215 Å². The smallest absolute Gasteiger partial charge is 0.264 e. The molecule has 0 aliphatic heterocycles. The molecule has 0 fully saturated rings. The number of halogens is 2. The number of carbonyl (C=O) groups is 2. The standard InChI is InChI=1S/C27H29F2N3O4S/c1-19(2)30-27(34)20(3)31(17-21-9-11-22(28)12-10-21)26(33)18-32(24-15-13-23(29)14-16-24)37(35,36)25-7-5-4-6-8-25/h4-16,19-20H,17-18H2,1-3H3,(H,30,34)/t20-/m0/s1. The number of hydrogen-bond donors (Lipinski definition) is 1. The van der Waals surface area contributed by atoms with Gasteiger partial charge in [0.15, 0.2) is 0 Å². The van der Waals surface area contributed by atoms with Crippen molar-refractivity contribution in [3.05, 3.63) is 96.1 Å². The first-order chi connectivity index (χ1) is 17.5. The van der Waals surface area contributed by atoms with Gasteiger partial charge in [-0.3, -0.25) is 13.9 Å². The summed E-state index contributed by atoms with van der Waals surface area (Å²) in [6.45, 7) is 4.38. The Hall–Kier alpha value is -3.79. The first kappa shape index (κ1) is 27.8. The number of sulfonamides is 1. The summed E-state index contributed by atoms with van der Waals surface area (Å²) in [6.07, 6.45) is 0. The first-order valence-electron chi connectivity index (χ1n) is 11.7. The van der Waals surface area contributed by atoms with Crippen LogP contribution in [0.5, 0.6) is 0 Å². The predicted octanol–water partition coefficient (Wildman–Crippen LogP) is 4.10. The van der Waals surface area contributed by atoms with Crippen LogP contribution in [0, 0.1) is 11.6 Å². The number of nitrogens with zero attached hydrogens (tertiary/aromatic N) is 2. The number of benzene rings is 3. The first-order valence-corrected chi connectivity index (χ1v) is 13.1. The van der Waals surface area contributed by atoms with Gasteiger partial charge in [-0.1, -0.05) is 30.3 Å². The van der Waals surface area contributed by atoms with Gasteiger partial charge in [0.25, 0.3) is 10.0 Å². The van der Waals surface area contributed by atoms with E-state index in [9.17, 15) is 26.8 Å². The van der Waals surface area contributed by atoms with E-state index in [1.165, 1.54) is 60.4 Å². The Balaban J connectivity index is 2.00.